The fraction of sp³-hybridized carbons (Fsp3) is 0.214. The molecular formula is C14H14N2O4. The molecule has 0 spiro atoms. The van der Waals surface area contributed by atoms with Crippen molar-refractivity contribution in [3.63, 3.8) is 0 Å². The minimum atomic E-state index is -0.718. The molecule has 1 heterocycles. The van der Waals surface area contributed by atoms with Gasteiger partial charge in [0.05, 0.1) is 17.7 Å². The number of carbonyl (C=O) groups is 1. The number of carbonyl (C=O) groups excluding carboxylic acids is 1. The average molecular weight is 274 g/mol. The van der Waals surface area contributed by atoms with Crippen LogP contribution in [0.5, 0.6) is 0 Å². The smallest absolute Gasteiger partial charge is 0.333 e. The van der Waals surface area contributed by atoms with Gasteiger partial charge < -0.3 is 9.30 Å². The first-order chi connectivity index (χ1) is 9.63. The van der Waals surface area contributed by atoms with E-state index in [9.17, 15) is 14.9 Å². The van der Waals surface area contributed by atoms with E-state index in [-0.39, 0.29) is 12.3 Å². The fourth-order valence-electron chi connectivity index (χ4n) is 1.96. The van der Waals surface area contributed by atoms with Gasteiger partial charge in [-0.2, -0.15) is 0 Å². The molecule has 1 atom stereocenters. The third-order valence-corrected chi connectivity index (χ3v) is 2.83. The van der Waals surface area contributed by atoms with Crippen LogP contribution in [0.25, 0.3) is 0 Å². The van der Waals surface area contributed by atoms with Crippen molar-refractivity contribution >= 4 is 11.7 Å². The average Bonchev–Trinajstić information content (AvgIpc) is 2.90. The molecule has 0 aliphatic rings. The van der Waals surface area contributed by atoms with E-state index >= 15 is 0 Å². The number of hydrogen-bond acceptors (Lipinski definition) is 4. The minimum absolute atomic E-state index is 0.0600. The molecule has 0 N–H and O–H groups in total. The zero-order chi connectivity index (χ0) is 14.5. The third kappa shape index (κ3) is 2.85. The Hall–Kier alpha value is -2.63. The molecule has 0 aliphatic carbocycles. The Bertz CT molecular complexity index is 607. The van der Waals surface area contributed by atoms with Gasteiger partial charge >= 0.3 is 5.97 Å². The molecule has 20 heavy (non-hydrogen) atoms. The zero-order valence-corrected chi connectivity index (χ0v) is 10.9. The normalized spacial score (nSPS) is 11.8. The molecule has 1 aromatic heterocycles. The van der Waals surface area contributed by atoms with Crippen LogP contribution in [0.3, 0.4) is 0 Å². The van der Waals surface area contributed by atoms with E-state index < -0.39 is 16.9 Å². The number of nitro groups is 1. The summed E-state index contributed by atoms with van der Waals surface area (Å²) in [7, 11) is 0. The van der Waals surface area contributed by atoms with Crippen LogP contribution in [-0.2, 0) is 9.53 Å². The van der Waals surface area contributed by atoms with Gasteiger partial charge in [0.1, 0.15) is 0 Å². The predicted molar refractivity (Wildman–Crippen MR) is 72.3 cm³/mol. The van der Waals surface area contributed by atoms with Crippen molar-refractivity contribution < 1.29 is 14.5 Å². The summed E-state index contributed by atoms with van der Waals surface area (Å²) in [6.45, 7) is 1.98. The largest absolute Gasteiger partial charge is 0.464 e. The topological polar surface area (TPSA) is 74.4 Å². The third-order valence-electron chi connectivity index (χ3n) is 2.83. The van der Waals surface area contributed by atoms with Crippen molar-refractivity contribution in [1.29, 1.82) is 0 Å². The van der Waals surface area contributed by atoms with Gasteiger partial charge in [-0.3, -0.25) is 10.1 Å². The Kier molecular flexibility index (Phi) is 4.14. The molecule has 6 heteroatoms. The van der Waals surface area contributed by atoms with Gasteiger partial charge in [0.15, 0.2) is 6.04 Å². The standard InChI is InChI=1S/C14H14N2O4/c1-2-20-14(17)13(11-6-4-3-5-7-11)15-9-8-12(10-15)16(18)19/h3-10,13H,2H2,1H3. The van der Waals surface area contributed by atoms with E-state index in [1.807, 2.05) is 6.07 Å². The molecule has 0 amide bonds. The lowest BCUT2D eigenvalue weighted by atomic mass is 10.1. The van der Waals surface area contributed by atoms with Crippen LogP contribution in [0.4, 0.5) is 5.69 Å². The molecule has 0 radical (unpaired) electrons. The van der Waals surface area contributed by atoms with E-state index in [4.69, 9.17) is 4.74 Å². The van der Waals surface area contributed by atoms with Gasteiger partial charge in [-0.15, -0.1) is 0 Å². The first-order valence-corrected chi connectivity index (χ1v) is 6.17. The summed E-state index contributed by atoms with van der Waals surface area (Å²) >= 11 is 0. The molecule has 2 aromatic rings. The van der Waals surface area contributed by atoms with Gasteiger partial charge in [-0.25, -0.2) is 4.79 Å². The maximum absolute atomic E-state index is 12.1. The molecule has 0 bridgehead atoms. The molecule has 0 saturated heterocycles. The maximum atomic E-state index is 12.1. The Morgan fingerprint density at radius 3 is 2.60 bits per heavy atom. The maximum Gasteiger partial charge on any atom is 0.333 e. The second-order valence-electron chi connectivity index (χ2n) is 4.14. The lowest BCUT2D eigenvalue weighted by Crippen LogP contribution is -2.22. The van der Waals surface area contributed by atoms with Crippen molar-refractivity contribution in [3.8, 4) is 0 Å². The molecule has 6 nitrogen and oxygen atoms in total. The van der Waals surface area contributed by atoms with Crippen LogP contribution in [0.15, 0.2) is 48.8 Å². The quantitative estimate of drug-likeness (QED) is 0.477. The van der Waals surface area contributed by atoms with Gasteiger partial charge in [0, 0.05) is 12.3 Å². The predicted octanol–water partition coefficient (Wildman–Crippen LogP) is 2.55. The number of aromatic nitrogens is 1. The van der Waals surface area contributed by atoms with E-state index in [0.717, 1.165) is 5.56 Å². The second-order valence-corrected chi connectivity index (χ2v) is 4.14. The van der Waals surface area contributed by atoms with E-state index in [1.54, 1.807) is 31.2 Å². The van der Waals surface area contributed by atoms with Crippen molar-refractivity contribution in [1.82, 2.24) is 4.57 Å². The van der Waals surface area contributed by atoms with Gasteiger partial charge in [-0.1, -0.05) is 30.3 Å². The molecule has 0 fully saturated rings. The summed E-state index contributed by atoms with van der Waals surface area (Å²) in [6, 6.07) is 9.66. The summed E-state index contributed by atoms with van der Waals surface area (Å²) < 4.78 is 6.54. The minimum Gasteiger partial charge on any atom is -0.464 e. The molecule has 1 unspecified atom stereocenters. The first-order valence-electron chi connectivity index (χ1n) is 6.17. The van der Waals surface area contributed by atoms with Crippen molar-refractivity contribution in [3.05, 3.63) is 64.5 Å². The summed E-state index contributed by atoms with van der Waals surface area (Å²) in [5.74, 6) is -0.441. The van der Waals surface area contributed by atoms with Crippen molar-refractivity contribution in [2.45, 2.75) is 13.0 Å². The summed E-state index contributed by atoms with van der Waals surface area (Å²) in [6.07, 6.45) is 2.83. The zero-order valence-electron chi connectivity index (χ0n) is 10.9. The van der Waals surface area contributed by atoms with Crippen LogP contribution in [0.2, 0.25) is 0 Å². The van der Waals surface area contributed by atoms with Crippen LogP contribution in [-0.4, -0.2) is 22.1 Å². The Morgan fingerprint density at radius 1 is 1.35 bits per heavy atom. The van der Waals surface area contributed by atoms with E-state index in [1.165, 1.54) is 23.0 Å². The molecule has 0 saturated carbocycles. The van der Waals surface area contributed by atoms with Gasteiger partial charge in [-0.05, 0) is 12.5 Å². The Labute approximate surface area is 115 Å². The Balaban J connectivity index is 2.40. The number of nitrogens with zero attached hydrogens (tertiary/aromatic N) is 2. The van der Waals surface area contributed by atoms with E-state index in [0.29, 0.717) is 0 Å². The van der Waals surface area contributed by atoms with Crippen LogP contribution in [0, 0.1) is 10.1 Å². The molecule has 1 aromatic carbocycles. The highest BCUT2D eigenvalue weighted by Gasteiger charge is 2.25. The monoisotopic (exact) mass is 274 g/mol. The molecule has 2 rings (SSSR count). The molecule has 0 aliphatic heterocycles. The lowest BCUT2D eigenvalue weighted by Gasteiger charge is -2.17. The first kappa shape index (κ1) is 13.8. The number of esters is 1. The number of rotatable bonds is 5. The molecular weight excluding hydrogens is 260 g/mol. The SMILES string of the molecule is CCOC(=O)C(c1ccccc1)n1ccc([N+](=O)[O-])c1. The number of benzene rings is 1. The second kappa shape index (κ2) is 6.01. The van der Waals surface area contributed by atoms with Crippen molar-refractivity contribution in [2.24, 2.45) is 0 Å². The van der Waals surface area contributed by atoms with E-state index in [2.05, 4.69) is 0 Å². The van der Waals surface area contributed by atoms with Crippen molar-refractivity contribution in [2.75, 3.05) is 6.61 Å². The fourth-order valence-corrected chi connectivity index (χ4v) is 1.96. The summed E-state index contributed by atoms with van der Waals surface area (Å²) in [5.41, 5.74) is 0.659. The Morgan fingerprint density at radius 2 is 2.05 bits per heavy atom. The highest BCUT2D eigenvalue weighted by Crippen LogP contribution is 2.23. The number of ether oxygens (including phenoxy) is 1. The summed E-state index contributed by atoms with van der Waals surface area (Å²) in [5, 5.41) is 10.7. The van der Waals surface area contributed by atoms with Crippen LogP contribution >= 0.6 is 0 Å². The van der Waals surface area contributed by atoms with Crippen LogP contribution in [0.1, 0.15) is 18.5 Å². The van der Waals surface area contributed by atoms with Crippen LogP contribution < -0.4 is 0 Å². The lowest BCUT2D eigenvalue weighted by molar-refractivity contribution is -0.384. The summed E-state index contributed by atoms with van der Waals surface area (Å²) in [4.78, 5) is 22.4. The highest BCUT2D eigenvalue weighted by molar-refractivity contribution is 5.78. The van der Waals surface area contributed by atoms with Gasteiger partial charge in [0.25, 0.3) is 5.69 Å². The van der Waals surface area contributed by atoms with Gasteiger partial charge in [0.2, 0.25) is 0 Å². The molecule has 104 valence electrons. The highest BCUT2D eigenvalue weighted by atomic mass is 16.6. The number of hydrogen-bond donors (Lipinski definition) is 0.